The molecule has 1 rings (SSSR count). The van der Waals surface area contributed by atoms with Gasteiger partial charge in [0.15, 0.2) is 0 Å². The molecule has 0 aliphatic heterocycles. The van der Waals surface area contributed by atoms with Crippen molar-refractivity contribution >= 4 is 15.9 Å². The first kappa shape index (κ1) is 16.7. The lowest BCUT2D eigenvalue weighted by Gasteiger charge is -2.25. The maximum Gasteiger partial charge on any atom is 0.252 e. The Bertz CT molecular complexity index is 634. The first-order valence-electron chi connectivity index (χ1n) is 6.44. The van der Waals surface area contributed by atoms with Crippen molar-refractivity contribution in [2.75, 3.05) is 0 Å². The van der Waals surface area contributed by atoms with Gasteiger partial charge in [-0.2, -0.15) is 0 Å². The molecule has 3 N–H and O–H groups in total. The number of rotatable bonds is 4. The molecule has 20 heavy (non-hydrogen) atoms. The van der Waals surface area contributed by atoms with Crippen LogP contribution in [0.1, 0.15) is 48.7 Å². The molecule has 0 atom stereocenters. The summed E-state index contributed by atoms with van der Waals surface area (Å²) < 4.78 is 22.9. The number of sulfonamides is 1. The van der Waals surface area contributed by atoms with E-state index >= 15 is 0 Å². The van der Waals surface area contributed by atoms with Gasteiger partial charge in [-0.25, -0.2) is 13.6 Å². The molecule has 1 aromatic carbocycles. The fourth-order valence-electron chi connectivity index (χ4n) is 1.69. The third-order valence-electron chi connectivity index (χ3n) is 3.55. The molecule has 0 radical (unpaired) electrons. The van der Waals surface area contributed by atoms with Gasteiger partial charge in [0.05, 0.1) is 4.90 Å². The highest BCUT2D eigenvalue weighted by Crippen LogP contribution is 2.20. The van der Waals surface area contributed by atoms with Crippen LogP contribution in [0.5, 0.6) is 0 Å². The molecule has 0 heterocycles. The second-order valence-electron chi connectivity index (χ2n) is 5.65. The molecule has 0 fully saturated rings. The predicted octanol–water partition coefficient (Wildman–Crippen LogP) is 1.87. The zero-order chi connectivity index (χ0) is 15.7. The number of benzene rings is 1. The Morgan fingerprint density at radius 3 is 2.30 bits per heavy atom. The van der Waals surface area contributed by atoms with Crippen molar-refractivity contribution in [1.82, 2.24) is 5.32 Å². The molecule has 5 nitrogen and oxygen atoms in total. The van der Waals surface area contributed by atoms with Crippen LogP contribution in [-0.2, 0) is 10.0 Å². The fraction of sp³-hybridized carbons (Fsp3) is 0.500. The van der Waals surface area contributed by atoms with E-state index in [-0.39, 0.29) is 16.3 Å². The van der Waals surface area contributed by atoms with Crippen LogP contribution >= 0.6 is 0 Å². The first-order valence-corrected chi connectivity index (χ1v) is 7.99. The molecule has 0 aromatic heterocycles. The van der Waals surface area contributed by atoms with Crippen LogP contribution in [0.3, 0.4) is 0 Å². The van der Waals surface area contributed by atoms with E-state index in [9.17, 15) is 13.2 Å². The van der Waals surface area contributed by atoms with Crippen LogP contribution in [0.2, 0.25) is 0 Å². The third kappa shape index (κ3) is 3.80. The molecule has 1 aromatic rings. The fourth-order valence-corrected chi connectivity index (χ4v) is 2.31. The molecular formula is C14H22N2O3S. The minimum atomic E-state index is -3.83. The zero-order valence-corrected chi connectivity index (χ0v) is 13.4. The lowest BCUT2D eigenvalue weighted by atomic mass is 9.98. The van der Waals surface area contributed by atoms with Crippen LogP contribution in [0.25, 0.3) is 0 Å². The summed E-state index contributed by atoms with van der Waals surface area (Å²) >= 11 is 0. The van der Waals surface area contributed by atoms with Crippen molar-refractivity contribution in [2.45, 2.75) is 51.5 Å². The highest BCUT2D eigenvalue weighted by atomic mass is 32.2. The minimum Gasteiger partial charge on any atom is -0.347 e. The number of nitrogens with two attached hydrogens (primary N) is 1. The monoisotopic (exact) mass is 298 g/mol. The number of amides is 1. The van der Waals surface area contributed by atoms with E-state index in [0.29, 0.717) is 5.56 Å². The van der Waals surface area contributed by atoms with Gasteiger partial charge in [-0.1, -0.05) is 6.92 Å². The summed E-state index contributed by atoms with van der Waals surface area (Å²) in [6.45, 7) is 9.34. The lowest BCUT2D eigenvalue weighted by molar-refractivity contribution is 0.0910. The van der Waals surface area contributed by atoms with Gasteiger partial charge in [-0.05, 0) is 57.4 Å². The van der Waals surface area contributed by atoms with Crippen molar-refractivity contribution in [3.05, 3.63) is 28.8 Å². The van der Waals surface area contributed by atoms with Gasteiger partial charge < -0.3 is 5.32 Å². The van der Waals surface area contributed by atoms with Gasteiger partial charge in [-0.3, -0.25) is 4.79 Å². The van der Waals surface area contributed by atoms with E-state index in [2.05, 4.69) is 5.32 Å². The number of hydrogen-bond acceptors (Lipinski definition) is 3. The Morgan fingerprint density at radius 1 is 1.30 bits per heavy atom. The van der Waals surface area contributed by atoms with Crippen molar-refractivity contribution < 1.29 is 13.2 Å². The lowest BCUT2D eigenvalue weighted by Crippen LogP contribution is -2.43. The van der Waals surface area contributed by atoms with Crippen LogP contribution in [0.15, 0.2) is 17.0 Å². The van der Waals surface area contributed by atoms with E-state index in [0.717, 1.165) is 17.5 Å². The van der Waals surface area contributed by atoms with Crippen molar-refractivity contribution in [1.29, 1.82) is 0 Å². The Balaban J connectivity index is 3.31. The Labute approximate surface area is 120 Å². The average molecular weight is 298 g/mol. The topological polar surface area (TPSA) is 89.3 Å². The third-order valence-corrected chi connectivity index (χ3v) is 4.44. The maximum atomic E-state index is 12.3. The number of carbonyl (C=O) groups excluding carboxylic acids is 1. The molecule has 0 saturated heterocycles. The molecule has 0 aliphatic rings. The minimum absolute atomic E-state index is 0.0416. The van der Waals surface area contributed by atoms with E-state index in [1.54, 1.807) is 13.8 Å². The highest BCUT2D eigenvalue weighted by molar-refractivity contribution is 7.89. The van der Waals surface area contributed by atoms with E-state index in [4.69, 9.17) is 5.14 Å². The van der Waals surface area contributed by atoms with Gasteiger partial charge in [-0.15, -0.1) is 0 Å². The van der Waals surface area contributed by atoms with E-state index in [1.165, 1.54) is 12.1 Å². The summed E-state index contributed by atoms with van der Waals surface area (Å²) in [6, 6.07) is 2.81. The van der Waals surface area contributed by atoms with Crippen molar-refractivity contribution in [3.8, 4) is 0 Å². The van der Waals surface area contributed by atoms with Crippen molar-refractivity contribution in [2.24, 2.45) is 5.14 Å². The van der Waals surface area contributed by atoms with Gasteiger partial charge in [0.25, 0.3) is 5.91 Å². The van der Waals surface area contributed by atoms with Crippen molar-refractivity contribution in [3.63, 3.8) is 0 Å². The first-order chi connectivity index (χ1) is 8.98. The van der Waals surface area contributed by atoms with Crippen LogP contribution in [-0.4, -0.2) is 19.9 Å². The highest BCUT2D eigenvalue weighted by Gasteiger charge is 2.22. The maximum absolute atomic E-state index is 12.3. The Hall–Kier alpha value is -1.40. The number of hydrogen-bond donors (Lipinski definition) is 2. The normalized spacial score (nSPS) is 12.3. The molecule has 0 aliphatic carbocycles. The van der Waals surface area contributed by atoms with Gasteiger partial charge in [0.1, 0.15) is 0 Å². The van der Waals surface area contributed by atoms with Crippen LogP contribution < -0.4 is 10.5 Å². The standard InChI is InChI=1S/C14H22N2O3S/c1-6-14(4,5)16-13(17)12-8-11(20(15,18)19)7-9(2)10(12)3/h7-8H,6H2,1-5H3,(H,16,17)(H2,15,18,19). The SMILES string of the molecule is CCC(C)(C)NC(=O)c1cc(S(N)(=O)=O)cc(C)c1C. The summed E-state index contributed by atoms with van der Waals surface area (Å²) in [7, 11) is -3.83. The summed E-state index contributed by atoms with van der Waals surface area (Å²) in [4.78, 5) is 12.3. The van der Waals surface area contributed by atoms with E-state index in [1.807, 2.05) is 20.8 Å². The Morgan fingerprint density at radius 2 is 1.85 bits per heavy atom. The molecule has 0 spiro atoms. The number of carbonyl (C=O) groups is 1. The molecular weight excluding hydrogens is 276 g/mol. The van der Waals surface area contributed by atoms with Gasteiger partial charge in [0.2, 0.25) is 10.0 Å². The quantitative estimate of drug-likeness (QED) is 0.889. The largest absolute Gasteiger partial charge is 0.347 e. The molecule has 0 bridgehead atoms. The van der Waals surface area contributed by atoms with E-state index < -0.39 is 10.0 Å². The molecule has 0 unspecified atom stereocenters. The molecule has 0 saturated carbocycles. The average Bonchev–Trinajstić information content (AvgIpc) is 2.30. The predicted molar refractivity (Wildman–Crippen MR) is 79.1 cm³/mol. The molecule has 112 valence electrons. The second kappa shape index (κ2) is 5.54. The Kier molecular flexibility index (Phi) is 4.61. The summed E-state index contributed by atoms with van der Waals surface area (Å²) in [6.07, 6.45) is 0.769. The summed E-state index contributed by atoms with van der Waals surface area (Å²) in [5.74, 6) is -0.289. The smallest absolute Gasteiger partial charge is 0.252 e. The number of aryl methyl sites for hydroxylation is 1. The molecule has 6 heteroatoms. The summed E-state index contributed by atoms with van der Waals surface area (Å²) in [5.41, 5.74) is 1.46. The number of primary sulfonamides is 1. The summed E-state index contributed by atoms with van der Waals surface area (Å²) in [5, 5.41) is 8.03. The molecule has 1 amide bonds. The van der Waals surface area contributed by atoms with Gasteiger partial charge in [0, 0.05) is 11.1 Å². The zero-order valence-electron chi connectivity index (χ0n) is 12.6. The second-order valence-corrected chi connectivity index (χ2v) is 7.21. The van der Waals surface area contributed by atoms with Crippen LogP contribution in [0.4, 0.5) is 0 Å². The number of nitrogens with one attached hydrogen (secondary N) is 1. The van der Waals surface area contributed by atoms with Gasteiger partial charge >= 0.3 is 0 Å². The van der Waals surface area contributed by atoms with Crippen LogP contribution in [0, 0.1) is 13.8 Å².